The van der Waals surface area contributed by atoms with E-state index in [1.807, 2.05) is 31.2 Å². The molecule has 0 aliphatic heterocycles. The Balaban J connectivity index is 2.15. The highest BCUT2D eigenvalue weighted by Crippen LogP contribution is 2.18. The van der Waals surface area contributed by atoms with Crippen molar-refractivity contribution in [3.8, 4) is 0 Å². The van der Waals surface area contributed by atoms with Gasteiger partial charge in [0.25, 0.3) is 5.91 Å². The maximum Gasteiger partial charge on any atom is 0.269 e. The Bertz CT molecular complexity index is 567. The first kappa shape index (κ1) is 13.6. The zero-order valence-corrected chi connectivity index (χ0v) is 11.8. The lowest BCUT2D eigenvalue weighted by atomic mass is 10.1. The third-order valence-electron chi connectivity index (χ3n) is 2.69. The predicted octanol–water partition coefficient (Wildman–Crippen LogP) is 2.21. The molecule has 2 rings (SSSR count). The first-order valence-corrected chi connectivity index (χ1v) is 6.88. The second-order valence-electron chi connectivity index (χ2n) is 4.08. The van der Waals surface area contributed by atoms with Crippen molar-refractivity contribution in [2.24, 2.45) is 0 Å². The van der Waals surface area contributed by atoms with E-state index in [9.17, 15) is 4.79 Å². The number of rotatable bonds is 5. The predicted molar refractivity (Wildman–Crippen MR) is 76.4 cm³/mol. The Morgan fingerprint density at radius 2 is 2.16 bits per heavy atom. The number of aromatic nitrogens is 2. The average Bonchev–Trinajstić information content (AvgIpc) is 2.84. The van der Waals surface area contributed by atoms with Gasteiger partial charge in [-0.25, -0.2) is 0 Å². The van der Waals surface area contributed by atoms with Gasteiger partial charge in [0.2, 0.25) is 0 Å². The van der Waals surface area contributed by atoms with Gasteiger partial charge in [-0.05, 0) is 36.6 Å². The van der Waals surface area contributed by atoms with Gasteiger partial charge in [-0.1, -0.05) is 29.6 Å². The zero-order chi connectivity index (χ0) is 13.7. The van der Waals surface area contributed by atoms with Gasteiger partial charge in [0.1, 0.15) is 4.88 Å². The molecule has 5 nitrogen and oxygen atoms in total. The molecule has 0 saturated heterocycles. The molecule has 0 aliphatic carbocycles. The van der Waals surface area contributed by atoms with Crippen LogP contribution < -0.4 is 10.6 Å². The number of hydrogen-bond donors (Lipinski definition) is 2. The molecule has 1 aromatic carbocycles. The molecule has 0 radical (unpaired) electrons. The summed E-state index contributed by atoms with van der Waals surface area (Å²) in [4.78, 5) is 12.7. The van der Waals surface area contributed by atoms with Crippen molar-refractivity contribution in [2.45, 2.75) is 20.4 Å². The summed E-state index contributed by atoms with van der Waals surface area (Å²) in [5.74, 6) is -0.156. The summed E-state index contributed by atoms with van der Waals surface area (Å²) < 4.78 is 3.77. The summed E-state index contributed by atoms with van der Waals surface area (Å²) in [6.07, 6.45) is 0. The number of carbonyl (C=O) groups excluding carboxylic acids is 1. The summed E-state index contributed by atoms with van der Waals surface area (Å²) in [7, 11) is 0. The van der Waals surface area contributed by atoms with Crippen LogP contribution in [0.1, 0.15) is 27.9 Å². The lowest BCUT2D eigenvalue weighted by Gasteiger charge is -2.10. The van der Waals surface area contributed by atoms with Gasteiger partial charge in [0.05, 0.1) is 5.69 Å². The van der Waals surface area contributed by atoms with Crippen molar-refractivity contribution in [1.82, 2.24) is 14.9 Å². The molecule has 1 aromatic heterocycles. The van der Waals surface area contributed by atoms with Crippen molar-refractivity contribution in [2.75, 3.05) is 11.9 Å². The van der Waals surface area contributed by atoms with Gasteiger partial charge in [0.15, 0.2) is 0 Å². The third-order valence-corrected chi connectivity index (χ3v) is 3.52. The summed E-state index contributed by atoms with van der Waals surface area (Å²) in [5, 5.41) is 10.0. The molecule has 0 bridgehead atoms. The van der Waals surface area contributed by atoms with Gasteiger partial charge >= 0.3 is 0 Å². The maximum absolute atomic E-state index is 12.1. The van der Waals surface area contributed by atoms with Gasteiger partial charge in [-0.15, -0.1) is 5.10 Å². The fraction of sp³-hybridized carbons (Fsp3) is 0.308. The molecule has 2 N–H and O–H groups in total. The first-order valence-electron chi connectivity index (χ1n) is 6.11. The number of hydrogen-bond acceptors (Lipinski definition) is 5. The van der Waals surface area contributed by atoms with E-state index in [1.165, 1.54) is 0 Å². The molecule has 0 unspecified atom stereocenters. The molecular weight excluding hydrogens is 260 g/mol. The minimum Gasteiger partial charge on any atom is -0.321 e. The minimum atomic E-state index is -0.156. The molecule has 0 atom stereocenters. The van der Waals surface area contributed by atoms with Crippen LogP contribution in [0, 0.1) is 6.92 Å². The fourth-order valence-electron chi connectivity index (χ4n) is 1.67. The molecule has 6 heteroatoms. The summed E-state index contributed by atoms with van der Waals surface area (Å²) in [6.45, 7) is 5.45. The second-order valence-corrected chi connectivity index (χ2v) is 4.83. The fourth-order valence-corrected chi connectivity index (χ4v) is 2.23. The van der Waals surface area contributed by atoms with Crippen molar-refractivity contribution in [1.29, 1.82) is 0 Å². The Labute approximate surface area is 116 Å². The maximum atomic E-state index is 12.1. The average molecular weight is 276 g/mol. The van der Waals surface area contributed by atoms with Gasteiger partial charge in [-0.2, -0.15) is 0 Å². The van der Waals surface area contributed by atoms with Gasteiger partial charge < -0.3 is 10.6 Å². The van der Waals surface area contributed by atoms with Crippen LogP contribution in [0.5, 0.6) is 0 Å². The Hall–Kier alpha value is -1.79. The highest BCUT2D eigenvalue weighted by Gasteiger charge is 2.14. The summed E-state index contributed by atoms with van der Waals surface area (Å²) in [5.41, 5.74) is 2.54. The van der Waals surface area contributed by atoms with E-state index >= 15 is 0 Å². The molecule has 1 heterocycles. The lowest BCUT2D eigenvalue weighted by Crippen LogP contribution is -2.17. The standard InChI is InChI=1S/C13H16N4OS/c1-3-14-8-10-6-4-5-7-11(10)15-13(18)12-9(2)16-17-19-12/h4-7,14H,3,8H2,1-2H3,(H,15,18). The van der Waals surface area contributed by atoms with Crippen LogP contribution in [0.3, 0.4) is 0 Å². The lowest BCUT2D eigenvalue weighted by molar-refractivity contribution is 0.102. The van der Waals surface area contributed by atoms with E-state index in [-0.39, 0.29) is 5.91 Å². The third kappa shape index (κ3) is 3.36. The zero-order valence-electron chi connectivity index (χ0n) is 10.9. The van der Waals surface area contributed by atoms with Gasteiger partial charge in [-0.3, -0.25) is 4.79 Å². The van der Waals surface area contributed by atoms with Crippen molar-refractivity contribution in [3.63, 3.8) is 0 Å². The number of benzene rings is 1. The van der Waals surface area contributed by atoms with Crippen LogP contribution in [0.25, 0.3) is 0 Å². The van der Waals surface area contributed by atoms with Gasteiger partial charge in [0, 0.05) is 12.2 Å². The first-order chi connectivity index (χ1) is 9.22. The van der Waals surface area contributed by atoms with Crippen LogP contribution in [0.15, 0.2) is 24.3 Å². The largest absolute Gasteiger partial charge is 0.321 e. The van der Waals surface area contributed by atoms with E-state index in [2.05, 4.69) is 20.2 Å². The number of aryl methyl sites for hydroxylation is 1. The highest BCUT2D eigenvalue weighted by atomic mass is 32.1. The van der Waals surface area contributed by atoms with E-state index in [4.69, 9.17) is 0 Å². The highest BCUT2D eigenvalue weighted by molar-refractivity contribution is 7.08. The second kappa shape index (κ2) is 6.40. The molecule has 19 heavy (non-hydrogen) atoms. The molecule has 1 amide bonds. The molecule has 0 spiro atoms. The van der Waals surface area contributed by atoms with E-state index in [1.54, 1.807) is 6.92 Å². The minimum absolute atomic E-state index is 0.156. The van der Waals surface area contributed by atoms with Crippen LogP contribution in [0.2, 0.25) is 0 Å². The smallest absolute Gasteiger partial charge is 0.269 e. The van der Waals surface area contributed by atoms with Crippen molar-refractivity contribution >= 4 is 23.1 Å². The van der Waals surface area contributed by atoms with Crippen LogP contribution in [-0.4, -0.2) is 22.0 Å². The van der Waals surface area contributed by atoms with Crippen LogP contribution >= 0.6 is 11.5 Å². The number of amides is 1. The number of anilines is 1. The number of para-hydroxylation sites is 1. The Morgan fingerprint density at radius 1 is 1.37 bits per heavy atom. The monoisotopic (exact) mass is 276 g/mol. The normalized spacial score (nSPS) is 10.4. The van der Waals surface area contributed by atoms with E-state index < -0.39 is 0 Å². The van der Waals surface area contributed by atoms with Crippen LogP contribution in [-0.2, 0) is 6.54 Å². The van der Waals surface area contributed by atoms with Crippen molar-refractivity contribution < 1.29 is 4.79 Å². The molecular formula is C13H16N4OS. The topological polar surface area (TPSA) is 66.9 Å². The molecule has 0 fully saturated rings. The van der Waals surface area contributed by atoms with Crippen molar-refractivity contribution in [3.05, 3.63) is 40.4 Å². The SMILES string of the molecule is CCNCc1ccccc1NC(=O)c1snnc1C. The number of carbonyl (C=O) groups is 1. The molecule has 2 aromatic rings. The molecule has 0 saturated carbocycles. The summed E-state index contributed by atoms with van der Waals surface area (Å²) >= 11 is 1.11. The summed E-state index contributed by atoms with van der Waals surface area (Å²) in [6, 6.07) is 7.76. The number of nitrogens with one attached hydrogen (secondary N) is 2. The Morgan fingerprint density at radius 3 is 2.84 bits per heavy atom. The quantitative estimate of drug-likeness (QED) is 0.878. The Kier molecular flexibility index (Phi) is 4.59. The van der Waals surface area contributed by atoms with E-state index in [0.29, 0.717) is 10.6 Å². The van der Waals surface area contributed by atoms with Crippen LogP contribution in [0.4, 0.5) is 5.69 Å². The number of nitrogens with zero attached hydrogens (tertiary/aromatic N) is 2. The molecule has 100 valence electrons. The molecule has 0 aliphatic rings. The van der Waals surface area contributed by atoms with E-state index in [0.717, 1.165) is 35.9 Å².